The maximum Gasteiger partial charge on any atom is 0.251 e. The Morgan fingerprint density at radius 3 is 2.70 bits per heavy atom. The van der Waals surface area contributed by atoms with Crippen LogP contribution in [0.1, 0.15) is 30.1 Å². The van der Waals surface area contributed by atoms with Gasteiger partial charge in [-0.25, -0.2) is 4.39 Å². The van der Waals surface area contributed by atoms with Crippen LogP contribution in [0.4, 0.5) is 4.39 Å². The van der Waals surface area contributed by atoms with Crippen LogP contribution < -0.4 is 10.6 Å². The van der Waals surface area contributed by atoms with Gasteiger partial charge in [0.1, 0.15) is 5.82 Å². The molecule has 2 amide bonds. The van der Waals surface area contributed by atoms with Crippen molar-refractivity contribution in [1.29, 1.82) is 0 Å². The number of piperazine rings is 1. The molecule has 0 spiro atoms. The molecule has 1 aliphatic rings. The molecule has 1 unspecified atom stereocenters. The van der Waals surface area contributed by atoms with Crippen LogP contribution in [0.2, 0.25) is 0 Å². The van der Waals surface area contributed by atoms with E-state index in [1.165, 1.54) is 24.3 Å². The minimum Gasteiger partial charge on any atom is -0.352 e. The number of benzene rings is 1. The molecule has 1 heterocycles. The molecule has 0 aliphatic carbocycles. The van der Waals surface area contributed by atoms with Crippen LogP contribution in [0.3, 0.4) is 0 Å². The van der Waals surface area contributed by atoms with Gasteiger partial charge in [-0.05, 0) is 37.6 Å². The van der Waals surface area contributed by atoms with E-state index in [1.807, 2.05) is 11.8 Å². The van der Waals surface area contributed by atoms with Crippen molar-refractivity contribution in [2.24, 2.45) is 0 Å². The first-order valence-corrected chi connectivity index (χ1v) is 7.62. The van der Waals surface area contributed by atoms with Crippen LogP contribution in [-0.4, -0.2) is 48.9 Å². The summed E-state index contributed by atoms with van der Waals surface area (Å²) in [4.78, 5) is 25.8. The van der Waals surface area contributed by atoms with Gasteiger partial charge in [0, 0.05) is 44.2 Å². The topological polar surface area (TPSA) is 61.4 Å². The third-order valence-corrected chi connectivity index (χ3v) is 3.78. The van der Waals surface area contributed by atoms with Gasteiger partial charge in [0.05, 0.1) is 0 Å². The van der Waals surface area contributed by atoms with E-state index in [2.05, 4.69) is 10.6 Å². The van der Waals surface area contributed by atoms with E-state index in [0.29, 0.717) is 24.9 Å². The summed E-state index contributed by atoms with van der Waals surface area (Å²) in [6.45, 7) is 4.86. The van der Waals surface area contributed by atoms with Crippen molar-refractivity contribution in [3.63, 3.8) is 0 Å². The number of carbonyl (C=O) groups excluding carboxylic acids is 2. The molecule has 128 valence electrons. The normalized spacial score (nSPS) is 17.3. The fraction of sp³-hybridized carbons (Fsp3) is 0.500. The molecule has 1 aromatic carbocycles. The molecule has 1 aromatic rings. The van der Waals surface area contributed by atoms with Gasteiger partial charge in [0.15, 0.2) is 0 Å². The van der Waals surface area contributed by atoms with Gasteiger partial charge >= 0.3 is 0 Å². The molecule has 1 aliphatic heterocycles. The summed E-state index contributed by atoms with van der Waals surface area (Å²) in [7, 11) is 0. The van der Waals surface area contributed by atoms with Crippen LogP contribution in [0.25, 0.3) is 0 Å². The molecular weight excluding hydrogens is 321 g/mol. The first kappa shape index (κ1) is 19.4. The van der Waals surface area contributed by atoms with Crippen LogP contribution in [0, 0.1) is 5.82 Å². The maximum atomic E-state index is 12.8. The van der Waals surface area contributed by atoms with Gasteiger partial charge < -0.3 is 15.5 Å². The second-order valence-corrected chi connectivity index (χ2v) is 5.51. The van der Waals surface area contributed by atoms with Gasteiger partial charge in [-0.2, -0.15) is 0 Å². The third-order valence-electron chi connectivity index (χ3n) is 3.78. The summed E-state index contributed by atoms with van der Waals surface area (Å²) in [6, 6.07) is 5.61. The number of rotatable bonds is 5. The fourth-order valence-electron chi connectivity index (χ4n) is 2.50. The SMILES string of the molecule is CC1CNCCN1C(=O)CCCNC(=O)c1ccc(F)cc1.Cl. The van der Waals surface area contributed by atoms with Crippen molar-refractivity contribution in [3.05, 3.63) is 35.6 Å². The van der Waals surface area contributed by atoms with E-state index in [9.17, 15) is 14.0 Å². The van der Waals surface area contributed by atoms with Crippen molar-refractivity contribution in [2.75, 3.05) is 26.2 Å². The van der Waals surface area contributed by atoms with E-state index in [0.717, 1.165) is 19.6 Å². The molecule has 0 aromatic heterocycles. The van der Waals surface area contributed by atoms with Crippen molar-refractivity contribution < 1.29 is 14.0 Å². The predicted octanol–water partition coefficient (Wildman–Crippen LogP) is 1.58. The second-order valence-electron chi connectivity index (χ2n) is 5.51. The van der Waals surface area contributed by atoms with Crippen molar-refractivity contribution in [1.82, 2.24) is 15.5 Å². The lowest BCUT2D eigenvalue weighted by Crippen LogP contribution is -2.52. The highest BCUT2D eigenvalue weighted by molar-refractivity contribution is 5.94. The highest BCUT2D eigenvalue weighted by Gasteiger charge is 2.22. The zero-order valence-electron chi connectivity index (χ0n) is 13.2. The number of halogens is 2. The first-order valence-electron chi connectivity index (χ1n) is 7.62. The van der Waals surface area contributed by atoms with E-state index < -0.39 is 0 Å². The molecule has 5 nitrogen and oxygen atoms in total. The number of carbonyl (C=O) groups is 2. The Kier molecular flexibility index (Phi) is 7.98. The van der Waals surface area contributed by atoms with E-state index in [4.69, 9.17) is 0 Å². The highest BCUT2D eigenvalue weighted by Crippen LogP contribution is 2.06. The van der Waals surface area contributed by atoms with Crippen LogP contribution in [-0.2, 0) is 4.79 Å². The number of hydrogen-bond acceptors (Lipinski definition) is 3. The lowest BCUT2D eigenvalue weighted by molar-refractivity contribution is -0.134. The zero-order valence-corrected chi connectivity index (χ0v) is 14.0. The number of hydrogen-bond donors (Lipinski definition) is 2. The molecule has 1 saturated heterocycles. The van der Waals surface area contributed by atoms with E-state index in [1.54, 1.807) is 0 Å². The van der Waals surface area contributed by atoms with Crippen LogP contribution in [0.15, 0.2) is 24.3 Å². The molecular formula is C16H23ClFN3O2. The minimum absolute atomic E-state index is 0. The summed E-state index contributed by atoms with van der Waals surface area (Å²) in [5.41, 5.74) is 0.420. The molecule has 23 heavy (non-hydrogen) atoms. The average Bonchev–Trinajstić information content (AvgIpc) is 2.52. The molecule has 0 saturated carbocycles. The Morgan fingerprint density at radius 2 is 2.04 bits per heavy atom. The number of nitrogens with zero attached hydrogens (tertiary/aromatic N) is 1. The first-order chi connectivity index (χ1) is 10.6. The summed E-state index contributed by atoms with van der Waals surface area (Å²) in [5, 5.41) is 5.99. The molecule has 2 rings (SSSR count). The molecule has 1 atom stereocenters. The Balaban J connectivity index is 0.00000264. The smallest absolute Gasteiger partial charge is 0.251 e. The summed E-state index contributed by atoms with van der Waals surface area (Å²) >= 11 is 0. The van der Waals surface area contributed by atoms with Gasteiger partial charge in [-0.15, -0.1) is 12.4 Å². The van der Waals surface area contributed by atoms with Gasteiger partial charge in [0.2, 0.25) is 5.91 Å². The van der Waals surface area contributed by atoms with Crippen LogP contribution >= 0.6 is 12.4 Å². The molecule has 0 radical (unpaired) electrons. The summed E-state index contributed by atoms with van der Waals surface area (Å²) in [5.74, 6) is -0.486. The van der Waals surface area contributed by atoms with Gasteiger partial charge in [-0.1, -0.05) is 0 Å². The lowest BCUT2D eigenvalue weighted by atomic mass is 10.1. The van der Waals surface area contributed by atoms with E-state index >= 15 is 0 Å². The monoisotopic (exact) mass is 343 g/mol. The largest absolute Gasteiger partial charge is 0.352 e. The van der Waals surface area contributed by atoms with E-state index in [-0.39, 0.29) is 36.1 Å². The van der Waals surface area contributed by atoms with Crippen LogP contribution in [0.5, 0.6) is 0 Å². The second kappa shape index (κ2) is 9.47. The minimum atomic E-state index is -0.368. The third kappa shape index (κ3) is 5.80. The van der Waals surface area contributed by atoms with Gasteiger partial charge in [0.25, 0.3) is 5.91 Å². The predicted molar refractivity (Wildman–Crippen MR) is 89.3 cm³/mol. The van der Waals surface area contributed by atoms with Crippen molar-refractivity contribution in [3.8, 4) is 0 Å². The Bertz CT molecular complexity index is 525. The standard InChI is InChI=1S/C16H22FN3O2.ClH/c1-12-11-18-9-10-20(12)15(21)3-2-8-19-16(22)13-4-6-14(17)7-5-13;/h4-7,12,18H,2-3,8-11H2,1H3,(H,19,22);1H. The number of amides is 2. The molecule has 7 heteroatoms. The lowest BCUT2D eigenvalue weighted by Gasteiger charge is -2.34. The fourth-order valence-corrected chi connectivity index (χ4v) is 2.50. The maximum absolute atomic E-state index is 12.8. The van der Waals surface area contributed by atoms with Crippen molar-refractivity contribution >= 4 is 24.2 Å². The Labute approximate surface area is 142 Å². The van der Waals surface area contributed by atoms with Crippen molar-refractivity contribution in [2.45, 2.75) is 25.8 Å². The Morgan fingerprint density at radius 1 is 1.35 bits per heavy atom. The Hall–Kier alpha value is -1.66. The molecule has 2 N–H and O–H groups in total. The summed E-state index contributed by atoms with van der Waals surface area (Å²) in [6.07, 6.45) is 1.02. The highest BCUT2D eigenvalue weighted by atomic mass is 35.5. The molecule has 0 bridgehead atoms. The molecule has 1 fully saturated rings. The average molecular weight is 344 g/mol. The quantitative estimate of drug-likeness (QED) is 0.798. The zero-order chi connectivity index (χ0) is 15.9. The number of nitrogens with one attached hydrogen (secondary N) is 2. The van der Waals surface area contributed by atoms with Gasteiger partial charge in [-0.3, -0.25) is 9.59 Å². The summed E-state index contributed by atoms with van der Waals surface area (Å²) < 4.78 is 12.8.